The highest BCUT2D eigenvalue weighted by Gasteiger charge is 2.18. The number of hydrazone groups is 1. The molecule has 0 spiro atoms. The lowest BCUT2D eigenvalue weighted by Gasteiger charge is -2.11. The molecule has 0 saturated heterocycles. The van der Waals surface area contributed by atoms with E-state index in [1.165, 1.54) is 18.3 Å². The van der Waals surface area contributed by atoms with Crippen LogP contribution < -0.4 is 20.8 Å². The molecular weight excluding hydrogens is 612 g/mol. The minimum Gasteiger partial charge on any atom is -0.423 e. The third kappa shape index (κ3) is 7.38. The fourth-order valence-corrected chi connectivity index (χ4v) is 4.37. The zero-order valence-corrected chi connectivity index (χ0v) is 24.0. The van der Waals surface area contributed by atoms with Gasteiger partial charge >= 0.3 is 17.8 Å². The van der Waals surface area contributed by atoms with E-state index in [9.17, 15) is 19.2 Å². The molecule has 0 bridgehead atoms. The van der Waals surface area contributed by atoms with Crippen LogP contribution in [-0.2, 0) is 9.59 Å². The molecule has 0 atom stereocenters. The van der Waals surface area contributed by atoms with Gasteiger partial charge in [-0.25, -0.2) is 10.2 Å². The number of carbonyl (C=O) groups excluding carboxylic acids is 4. The number of hydrogen-bond acceptors (Lipinski definition) is 6. The third-order valence-electron chi connectivity index (χ3n) is 6.21. The Labute approximate surface area is 254 Å². The second-order valence-corrected chi connectivity index (χ2v) is 10.1. The summed E-state index contributed by atoms with van der Waals surface area (Å²) in [5, 5.41) is 10.7. The van der Waals surface area contributed by atoms with Crippen molar-refractivity contribution in [2.45, 2.75) is 0 Å². The molecule has 0 radical (unpaired) electrons. The van der Waals surface area contributed by atoms with E-state index in [0.717, 1.165) is 15.2 Å². The molecule has 9 nitrogen and oxygen atoms in total. The Hall–Kier alpha value is -5.61. The number of nitrogens with zero attached hydrogens (tertiary/aromatic N) is 1. The van der Waals surface area contributed by atoms with Crippen LogP contribution in [0.25, 0.3) is 10.8 Å². The first-order valence-electron chi connectivity index (χ1n) is 13.0. The topological polar surface area (TPSA) is 126 Å². The molecule has 5 aromatic carbocycles. The van der Waals surface area contributed by atoms with Crippen LogP contribution in [-0.4, -0.2) is 29.9 Å². The molecule has 212 valence electrons. The summed E-state index contributed by atoms with van der Waals surface area (Å²) in [4.78, 5) is 50.4. The summed E-state index contributed by atoms with van der Waals surface area (Å²) >= 11 is 3.34. The summed E-state index contributed by atoms with van der Waals surface area (Å²) in [5.41, 5.74) is 4.10. The highest BCUT2D eigenvalue weighted by molar-refractivity contribution is 9.10. The van der Waals surface area contributed by atoms with Crippen molar-refractivity contribution < 1.29 is 23.9 Å². The molecule has 0 aliphatic carbocycles. The van der Waals surface area contributed by atoms with E-state index < -0.39 is 23.7 Å². The van der Waals surface area contributed by atoms with E-state index in [1.54, 1.807) is 72.8 Å². The number of nitrogens with one attached hydrogen (secondary N) is 3. The van der Waals surface area contributed by atoms with Gasteiger partial charge in [-0.2, -0.15) is 5.10 Å². The molecule has 0 fully saturated rings. The Bertz CT molecular complexity index is 1850. The molecular formula is C33H23BrN4O5. The molecule has 3 amide bonds. The molecule has 43 heavy (non-hydrogen) atoms. The van der Waals surface area contributed by atoms with Crippen LogP contribution in [0.5, 0.6) is 5.75 Å². The molecule has 3 N–H and O–H groups in total. The van der Waals surface area contributed by atoms with Crippen LogP contribution >= 0.6 is 15.9 Å². The maximum Gasteiger partial charge on any atom is 0.344 e. The normalized spacial score (nSPS) is 10.7. The number of amides is 3. The standard InChI is InChI=1S/C33H23BrN4O5/c34-23-14-16-24(17-15-23)36-30(39)28-9-3-4-11-29(28)37-31(40)32(41)38-35-20-21-12-18-25(19-13-21)43-33(42)27-10-5-7-22-6-1-2-8-26(22)27/h1-20H,(H,36,39)(H,37,40)(H,38,41)/b35-20-. The number of esters is 1. The number of carbonyl (C=O) groups is 4. The lowest BCUT2D eigenvalue weighted by atomic mass is 10.0. The molecule has 0 aromatic heterocycles. The maximum absolute atomic E-state index is 12.8. The minimum atomic E-state index is -1.03. The molecule has 0 saturated carbocycles. The smallest absolute Gasteiger partial charge is 0.344 e. The lowest BCUT2D eigenvalue weighted by molar-refractivity contribution is -0.136. The van der Waals surface area contributed by atoms with Gasteiger partial charge in [-0.15, -0.1) is 0 Å². The van der Waals surface area contributed by atoms with E-state index in [2.05, 4.69) is 37.1 Å². The molecule has 10 heteroatoms. The number of benzene rings is 5. The van der Waals surface area contributed by atoms with Gasteiger partial charge in [-0.3, -0.25) is 14.4 Å². The first kappa shape index (κ1) is 28.9. The number of ether oxygens (including phenoxy) is 1. The predicted octanol–water partition coefficient (Wildman–Crippen LogP) is 6.16. The van der Waals surface area contributed by atoms with Gasteiger partial charge in [-0.05, 0) is 83.1 Å². The number of para-hydroxylation sites is 1. The number of rotatable bonds is 7. The molecule has 0 unspecified atom stereocenters. The Morgan fingerprint density at radius 3 is 2.14 bits per heavy atom. The Morgan fingerprint density at radius 2 is 1.35 bits per heavy atom. The van der Waals surface area contributed by atoms with Gasteiger partial charge in [0.05, 0.1) is 23.0 Å². The summed E-state index contributed by atoms with van der Waals surface area (Å²) in [6.07, 6.45) is 1.33. The van der Waals surface area contributed by atoms with Gasteiger partial charge in [0.25, 0.3) is 5.91 Å². The third-order valence-corrected chi connectivity index (χ3v) is 6.74. The van der Waals surface area contributed by atoms with Crippen molar-refractivity contribution in [2.75, 3.05) is 10.6 Å². The van der Waals surface area contributed by atoms with Crippen molar-refractivity contribution >= 4 is 68.0 Å². The minimum absolute atomic E-state index is 0.162. The molecule has 5 aromatic rings. The monoisotopic (exact) mass is 634 g/mol. The Morgan fingerprint density at radius 1 is 0.674 bits per heavy atom. The van der Waals surface area contributed by atoms with Crippen molar-refractivity contribution in [3.8, 4) is 5.75 Å². The van der Waals surface area contributed by atoms with Crippen molar-refractivity contribution in [1.29, 1.82) is 0 Å². The fourth-order valence-electron chi connectivity index (χ4n) is 4.10. The van der Waals surface area contributed by atoms with E-state index in [4.69, 9.17) is 4.74 Å². The summed E-state index contributed by atoms with van der Waals surface area (Å²) in [6.45, 7) is 0. The first-order valence-corrected chi connectivity index (χ1v) is 13.8. The molecule has 0 aliphatic rings. The van der Waals surface area contributed by atoms with E-state index in [1.807, 2.05) is 30.3 Å². The van der Waals surface area contributed by atoms with Crippen LogP contribution in [0.1, 0.15) is 26.3 Å². The molecule has 0 heterocycles. The van der Waals surface area contributed by atoms with Crippen LogP contribution in [0.15, 0.2) is 125 Å². The van der Waals surface area contributed by atoms with Gasteiger partial charge in [-0.1, -0.05) is 64.5 Å². The Kier molecular flexibility index (Phi) is 8.99. The van der Waals surface area contributed by atoms with Crippen molar-refractivity contribution in [2.24, 2.45) is 5.10 Å². The number of anilines is 2. The highest BCUT2D eigenvalue weighted by atomic mass is 79.9. The summed E-state index contributed by atoms with van der Waals surface area (Å²) in [5.74, 6) is -2.63. The van der Waals surface area contributed by atoms with Gasteiger partial charge in [0.15, 0.2) is 0 Å². The number of fused-ring (bicyclic) bond motifs is 1. The summed E-state index contributed by atoms with van der Waals surface area (Å²) < 4.78 is 6.39. The first-order chi connectivity index (χ1) is 20.9. The predicted molar refractivity (Wildman–Crippen MR) is 168 cm³/mol. The number of halogens is 1. The van der Waals surface area contributed by atoms with Crippen LogP contribution in [0.2, 0.25) is 0 Å². The van der Waals surface area contributed by atoms with Crippen LogP contribution in [0.3, 0.4) is 0 Å². The van der Waals surface area contributed by atoms with Gasteiger partial charge < -0.3 is 15.4 Å². The summed E-state index contributed by atoms with van der Waals surface area (Å²) in [6, 6.07) is 32.8. The maximum atomic E-state index is 12.8. The van der Waals surface area contributed by atoms with Gasteiger partial charge in [0, 0.05) is 10.2 Å². The second-order valence-electron chi connectivity index (χ2n) is 9.15. The average Bonchev–Trinajstić information content (AvgIpc) is 3.02. The van der Waals surface area contributed by atoms with Crippen molar-refractivity contribution in [1.82, 2.24) is 5.43 Å². The molecule has 0 aliphatic heterocycles. The van der Waals surface area contributed by atoms with E-state index >= 15 is 0 Å². The summed E-state index contributed by atoms with van der Waals surface area (Å²) in [7, 11) is 0. The van der Waals surface area contributed by atoms with Crippen LogP contribution in [0, 0.1) is 0 Å². The Balaban J connectivity index is 1.15. The number of hydrogen-bond donors (Lipinski definition) is 3. The zero-order chi connectivity index (χ0) is 30.2. The lowest BCUT2D eigenvalue weighted by Crippen LogP contribution is -2.33. The van der Waals surface area contributed by atoms with E-state index in [-0.39, 0.29) is 11.3 Å². The van der Waals surface area contributed by atoms with Gasteiger partial charge in [0.2, 0.25) is 0 Å². The van der Waals surface area contributed by atoms with Crippen LogP contribution in [0.4, 0.5) is 11.4 Å². The van der Waals surface area contributed by atoms with E-state index in [0.29, 0.717) is 22.6 Å². The SMILES string of the molecule is O=C(N/N=C\c1ccc(OC(=O)c2cccc3ccccc23)cc1)C(=O)Nc1ccccc1C(=O)Nc1ccc(Br)cc1. The van der Waals surface area contributed by atoms with Gasteiger partial charge in [0.1, 0.15) is 5.75 Å². The fraction of sp³-hybridized carbons (Fsp3) is 0. The van der Waals surface area contributed by atoms with Crippen molar-refractivity contribution in [3.05, 3.63) is 136 Å². The zero-order valence-electron chi connectivity index (χ0n) is 22.4. The van der Waals surface area contributed by atoms with Crippen molar-refractivity contribution in [3.63, 3.8) is 0 Å². The quantitative estimate of drug-likeness (QED) is 0.0649. The second kappa shape index (κ2) is 13.4. The molecule has 5 rings (SSSR count). The average molecular weight is 635 g/mol. The largest absolute Gasteiger partial charge is 0.423 e. The highest BCUT2D eigenvalue weighted by Crippen LogP contribution is 2.22.